The molecule has 0 aromatic heterocycles. The van der Waals surface area contributed by atoms with Crippen molar-refractivity contribution >= 4 is 21.7 Å². The second kappa shape index (κ2) is 9.94. The van der Waals surface area contributed by atoms with Crippen LogP contribution in [0.5, 0.6) is 0 Å². The zero-order valence-corrected chi connectivity index (χ0v) is 19.7. The van der Waals surface area contributed by atoms with Crippen LogP contribution in [0.25, 0.3) is 0 Å². The molecule has 1 heterocycles. The molecule has 1 aliphatic rings. The number of hydrogen-bond acceptors (Lipinski definition) is 4. The molecule has 1 fully saturated rings. The monoisotopic (exact) mass is 436 g/mol. The molecular formula is C23H36N2O4S. The number of nitrogens with one attached hydrogen (secondary N) is 1. The van der Waals surface area contributed by atoms with E-state index in [0.29, 0.717) is 18.7 Å². The fourth-order valence-electron chi connectivity index (χ4n) is 3.38. The highest BCUT2D eigenvalue weighted by Gasteiger charge is 2.33. The number of sulfone groups is 1. The molecular weight excluding hydrogens is 400 g/mol. The highest BCUT2D eigenvalue weighted by atomic mass is 32.2. The molecule has 0 bridgehead atoms. The topological polar surface area (TPSA) is 83.6 Å². The third-order valence-corrected chi connectivity index (χ3v) is 8.69. The number of carbonyl (C=O) groups is 2. The number of benzene rings is 1. The van der Waals surface area contributed by atoms with E-state index in [9.17, 15) is 18.0 Å². The van der Waals surface area contributed by atoms with E-state index in [2.05, 4.69) is 5.32 Å². The Morgan fingerprint density at radius 1 is 1.13 bits per heavy atom. The lowest BCUT2D eigenvalue weighted by molar-refractivity contribution is -0.131. The molecule has 1 saturated heterocycles. The van der Waals surface area contributed by atoms with Crippen molar-refractivity contribution in [1.82, 2.24) is 10.2 Å². The summed E-state index contributed by atoms with van der Waals surface area (Å²) in [6, 6.07) is 7.28. The van der Waals surface area contributed by atoms with Crippen molar-refractivity contribution in [3.8, 4) is 0 Å². The third kappa shape index (κ3) is 6.56. The van der Waals surface area contributed by atoms with Crippen LogP contribution in [-0.4, -0.2) is 54.8 Å². The molecule has 30 heavy (non-hydrogen) atoms. The number of likely N-dealkylation sites (tertiary alicyclic amines) is 1. The highest BCUT2D eigenvalue weighted by Crippen LogP contribution is 2.25. The molecule has 1 aromatic rings. The standard InChI is InChI=1S/C23H36N2O4S/c1-6-17(2)24-22(27)20-9-7-18(8-10-20)15-21(26)25-13-11-19(12-14-25)16-30(28,29)23(3,4)5/h7-10,17,19H,6,11-16H2,1-5H3,(H,24,27). The van der Waals surface area contributed by atoms with Gasteiger partial charge in [-0.05, 0) is 70.6 Å². The Hall–Kier alpha value is -1.89. The molecule has 168 valence electrons. The summed E-state index contributed by atoms with van der Waals surface area (Å²) in [6.07, 6.45) is 2.60. The van der Waals surface area contributed by atoms with Crippen LogP contribution in [-0.2, 0) is 21.1 Å². The average Bonchev–Trinajstić information content (AvgIpc) is 2.67. The maximum atomic E-state index is 12.7. The summed E-state index contributed by atoms with van der Waals surface area (Å²) in [4.78, 5) is 26.6. The van der Waals surface area contributed by atoms with Gasteiger partial charge in [0.1, 0.15) is 0 Å². The van der Waals surface area contributed by atoms with Gasteiger partial charge in [0.15, 0.2) is 9.84 Å². The van der Waals surface area contributed by atoms with Crippen molar-refractivity contribution in [2.75, 3.05) is 18.8 Å². The van der Waals surface area contributed by atoms with Crippen molar-refractivity contribution in [3.05, 3.63) is 35.4 Å². The molecule has 0 spiro atoms. The van der Waals surface area contributed by atoms with Crippen molar-refractivity contribution in [2.24, 2.45) is 5.92 Å². The lowest BCUT2D eigenvalue weighted by Gasteiger charge is -2.33. The molecule has 2 amide bonds. The fourth-order valence-corrected chi connectivity index (χ4v) is 4.83. The van der Waals surface area contributed by atoms with Gasteiger partial charge in [0.25, 0.3) is 5.91 Å². The first-order valence-corrected chi connectivity index (χ1v) is 12.5. The normalized spacial score (nSPS) is 16.9. The van der Waals surface area contributed by atoms with E-state index in [1.807, 2.05) is 30.9 Å². The first-order chi connectivity index (χ1) is 13.9. The van der Waals surface area contributed by atoms with Gasteiger partial charge < -0.3 is 10.2 Å². The Morgan fingerprint density at radius 3 is 2.20 bits per heavy atom. The van der Waals surface area contributed by atoms with Gasteiger partial charge in [-0.25, -0.2) is 8.42 Å². The maximum absolute atomic E-state index is 12.7. The summed E-state index contributed by atoms with van der Waals surface area (Å²) in [7, 11) is -3.14. The SMILES string of the molecule is CCC(C)NC(=O)c1ccc(CC(=O)N2CCC(CS(=O)(=O)C(C)(C)C)CC2)cc1. The number of hydrogen-bond donors (Lipinski definition) is 1. The van der Waals surface area contributed by atoms with E-state index in [-0.39, 0.29) is 35.9 Å². The minimum Gasteiger partial charge on any atom is -0.350 e. The number of nitrogens with zero attached hydrogens (tertiary/aromatic N) is 1. The molecule has 1 atom stereocenters. The molecule has 1 N–H and O–H groups in total. The summed E-state index contributed by atoms with van der Waals surface area (Å²) in [6.45, 7) is 10.4. The lowest BCUT2D eigenvalue weighted by Crippen LogP contribution is -2.42. The molecule has 7 heteroatoms. The number of rotatable bonds is 7. The molecule has 0 radical (unpaired) electrons. The van der Waals surface area contributed by atoms with Crippen molar-refractivity contribution in [1.29, 1.82) is 0 Å². The molecule has 1 aliphatic heterocycles. The van der Waals surface area contributed by atoms with Crippen molar-refractivity contribution in [3.63, 3.8) is 0 Å². The Balaban J connectivity index is 1.86. The molecule has 0 saturated carbocycles. The first-order valence-electron chi connectivity index (χ1n) is 10.8. The van der Waals surface area contributed by atoms with Gasteiger partial charge in [0.05, 0.1) is 16.9 Å². The predicted molar refractivity (Wildman–Crippen MR) is 120 cm³/mol. The van der Waals surface area contributed by atoms with Crippen LogP contribution < -0.4 is 5.32 Å². The van der Waals surface area contributed by atoms with Crippen molar-refractivity contribution < 1.29 is 18.0 Å². The van der Waals surface area contributed by atoms with Crippen LogP contribution in [0, 0.1) is 5.92 Å². The minimum atomic E-state index is -3.14. The predicted octanol–water partition coefficient (Wildman–Crippen LogP) is 3.21. The van der Waals surface area contributed by atoms with Gasteiger partial charge in [0, 0.05) is 24.7 Å². The summed E-state index contributed by atoms with van der Waals surface area (Å²) in [5.41, 5.74) is 1.46. The van der Waals surface area contributed by atoms with Gasteiger partial charge >= 0.3 is 0 Å². The summed E-state index contributed by atoms with van der Waals surface area (Å²) in [5.74, 6) is 0.249. The maximum Gasteiger partial charge on any atom is 0.251 e. The largest absolute Gasteiger partial charge is 0.350 e. The Morgan fingerprint density at radius 2 is 1.70 bits per heavy atom. The molecule has 1 aromatic carbocycles. The summed E-state index contributed by atoms with van der Waals surface area (Å²) < 4.78 is 24.1. The second-order valence-electron chi connectivity index (χ2n) is 9.37. The zero-order chi connectivity index (χ0) is 22.5. The Labute approximate surface area is 181 Å². The van der Waals surface area contributed by atoms with E-state index in [0.717, 1.165) is 24.8 Å². The van der Waals surface area contributed by atoms with Crippen molar-refractivity contribution in [2.45, 2.75) is 71.1 Å². The Kier molecular flexibility index (Phi) is 8.08. The zero-order valence-electron chi connectivity index (χ0n) is 18.9. The summed E-state index contributed by atoms with van der Waals surface area (Å²) >= 11 is 0. The lowest BCUT2D eigenvalue weighted by atomic mass is 9.98. The smallest absolute Gasteiger partial charge is 0.251 e. The second-order valence-corrected chi connectivity index (χ2v) is 12.2. The molecule has 6 nitrogen and oxygen atoms in total. The molecule has 0 aliphatic carbocycles. The first kappa shape index (κ1) is 24.4. The van der Waals surface area contributed by atoms with E-state index in [1.54, 1.807) is 32.9 Å². The van der Waals surface area contributed by atoms with Crippen LogP contribution in [0.2, 0.25) is 0 Å². The number of piperidine rings is 1. The van der Waals surface area contributed by atoms with Crippen LogP contribution in [0.3, 0.4) is 0 Å². The summed E-state index contributed by atoms with van der Waals surface area (Å²) in [5, 5.41) is 2.93. The van der Waals surface area contributed by atoms with Gasteiger partial charge in [-0.3, -0.25) is 9.59 Å². The quantitative estimate of drug-likeness (QED) is 0.711. The van der Waals surface area contributed by atoms with Crippen LogP contribution in [0.15, 0.2) is 24.3 Å². The average molecular weight is 437 g/mol. The Bertz CT molecular complexity index is 833. The van der Waals surface area contributed by atoms with Crippen LogP contribution in [0.4, 0.5) is 0 Å². The van der Waals surface area contributed by atoms with Gasteiger partial charge in [0.2, 0.25) is 5.91 Å². The van der Waals surface area contributed by atoms with E-state index >= 15 is 0 Å². The molecule has 2 rings (SSSR count). The van der Waals surface area contributed by atoms with E-state index in [1.165, 1.54) is 0 Å². The van der Waals surface area contributed by atoms with Crippen LogP contribution in [0.1, 0.15) is 69.8 Å². The van der Waals surface area contributed by atoms with E-state index in [4.69, 9.17) is 0 Å². The third-order valence-electron chi connectivity index (χ3n) is 5.92. The number of carbonyl (C=O) groups excluding carboxylic acids is 2. The van der Waals surface area contributed by atoms with E-state index < -0.39 is 14.6 Å². The fraction of sp³-hybridized carbons (Fsp3) is 0.652. The van der Waals surface area contributed by atoms with Crippen LogP contribution >= 0.6 is 0 Å². The molecule has 1 unspecified atom stereocenters. The number of amides is 2. The van der Waals surface area contributed by atoms with Gasteiger partial charge in [-0.15, -0.1) is 0 Å². The highest BCUT2D eigenvalue weighted by molar-refractivity contribution is 7.92. The van der Waals surface area contributed by atoms with Gasteiger partial charge in [-0.1, -0.05) is 19.1 Å². The minimum absolute atomic E-state index is 0.0453. The van der Waals surface area contributed by atoms with Gasteiger partial charge in [-0.2, -0.15) is 0 Å².